The second-order valence-electron chi connectivity index (χ2n) is 4.13. The molecule has 116 valence electrons. The highest BCUT2D eigenvalue weighted by Crippen LogP contribution is 2.31. The standard InChI is InChI=1S/C12H12N4O4S2/c1-13-10(17)5-14-11(18)6-21-12-15-8-3-2-7(16(19)20)4-9(8)22-12/h2-4H,5-6H2,1H3,(H,13,17)(H,14,18). The molecule has 0 spiro atoms. The van der Waals surface area contributed by atoms with Crippen LogP contribution in [-0.2, 0) is 9.59 Å². The zero-order valence-electron chi connectivity index (χ0n) is 11.5. The van der Waals surface area contributed by atoms with Crippen molar-refractivity contribution in [2.75, 3.05) is 19.3 Å². The van der Waals surface area contributed by atoms with E-state index >= 15 is 0 Å². The summed E-state index contributed by atoms with van der Waals surface area (Å²) in [5, 5.41) is 15.6. The van der Waals surface area contributed by atoms with E-state index in [0.29, 0.717) is 14.6 Å². The van der Waals surface area contributed by atoms with Crippen molar-refractivity contribution < 1.29 is 14.5 Å². The quantitative estimate of drug-likeness (QED) is 0.463. The van der Waals surface area contributed by atoms with Crippen molar-refractivity contribution in [2.24, 2.45) is 0 Å². The van der Waals surface area contributed by atoms with Gasteiger partial charge in [0.05, 0.1) is 27.4 Å². The van der Waals surface area contributed by atoms with Crippen LogP contribution in [0.1, 0.15) is 0 Å². The van der Waals surface area contributed by atoms with E-state index in [2.05, 4.69) is 15.6 Å². The number of fused-ring (bicyclic) bond motifs is 1. The van der Waals surface area contributed by atoms with Crippen LogP contribution in [-0.4, -0.2) is 41.1 Å². The van der Waals surface area contributed by atoms with Crippen LogP contribution in [0.15, 0.2) is 22.5 Å². The molecule has 0 aliphatic rings. The van der Waals surface area contributed by atoms with Crippen LogP contribution in [0.4, 0.5) is 5.69 Å². The summed E-state index contributed by atoms with van der Waals surface area (Å²) in [6, 6.07) is 4.44. The lowest BCUT2D eigenvalue weighted by Crippen LogP contribution is -2.35. The Kier molecular flexibility index (Phi) is 5.28. The average molecular weight is 340 g/mol. The van der Waals surface area contributed by atoms with Crippen molar-refractivity contribution in [3.05, 3.63) is 28.3 Å². The summed E-state index contributed by atoms with van der Waals surface area (Å²) in [7, 11) is 1.49. The van der Waals surface area contributed by atoms with Crippen LogP contribution in [0, 0.1) is 10.1 Å². The Morgan fingerprint density at radius 3 is 2.86 bits per heavy atom. The molecule has 1 heterocycles. The van der Waals surface area contributed by atoms with Crippen LogP contribution in [0.5, 0.6) is 0 Å². The molecule has 1 aromatic carbocycles. The molecular formula is C12H12N4O4S2. The molecule has 0 fully saturated rings. The van der Waals surface area contributed by atoms with Gasteiger partial charge in [0, 0.05) is 19.2 Å². The smallest absolute Gasteiger partial charge is 0.270 e. The number of thiazole rings is 1. The van der Waals surface area contributed by atoms with Gasteiger partial charge in [0.15, 0.2) is 4.34 Å². The number of nitrogens with zero attached hydrogens (tertiary/aromatic N) is 2. The van der Waals surface area contributed by atoms with E-state index in [-0.39, 0.29) is 29.8 Å². The van der Waals surface area contributed by atoms with Gasteiger partial charge < -0.3 is 10.6 Å². The maximum Gasteiger partial charge on any atom is 0.270 e. The third-order valence-corrected chi connectivity index (χ3v) is 4.78. The monoisotopic (exact) mass is 340 g/mol. The van der Waals surface area contributed by atoms with E-state index in [0.717, 1.165) is 0 Å². The molecule has 0 aliphatic carbocycles. The lowest BCUT2D eigenvalue weighted by molar-refractivity contribution is -0.384. The normalized spacial score (nSPS) is 10.4. The Hall–Kier alpha value is -2.20. The molecule has 8 nitrogen and oxygen atoms in total. The third kappa shape index (κ3) is 4.15. The zero-order valence-corrected chi connectivity index (χ0v) is 13.1. The summed E-state index contributed by atoms with van der Waals surface area (Å²) in [4.78, 5) is 37.1. The summed E-state index contributed by atoms with van der Waals surface area (Å²) in [5.74, 6) is -0.427. The molecule has 0 radical (unpaired) electrons. The summed E-state index contributed by atoms with van der Waals surface area (Å²) < 4.78 is 1.34. The van der Waals surface area contributed by atoms with Crippen molar-refractivity contribution in [3.8, 4) is 0 Å². The van der Waals surface area contributed by atoms with Gasteiger partial charge in [-0.15, -0.1) is 11.3 Å². The number of carbonyl (C=O) groups excluding carboxylic acids is 2. The minimum absolute atomic E-state index is 0.0102. The van der Waals surface area contributed by atoms with E-state index in [1.807, 2.05) is 0 Å². The van der Waals surface area contributed by atoms with Gasteiger partial charge in [-0.05, 0) is 6.07 Å². The maximum atomic E-state index is 11.6. The Bertz CT molecular complexity index is 731. The summed E-state index contributed by atoms with van der Waals surface area (Å²) in [5.41, 5.74) is 0.667. The van der Waals surface area contributed by atoms with Gasteiger partial charge in [-0.1, -0.05) is 11.8 Å². The van der Waals surface area contributed by atoms with E-state index in [4.69, 9.17) is 0 Å². The predicted molar refractivity (Wildman–Crippen MR) is 84.1 cm³/mol. The molecule has 2 rings (SSSR count). The highest BCUT2D eigenvalue weighted by atomic mass is 32.2. The van der Waals surface area contributed by atoms with Crippen LogP contribution in [0.25, 0.3) is 10.2 Å². The SMILES string of the molecule is CNC(=O)CNC(=O)CSc1nc2ccc([N+](=O)[O-])cc2s1. The molecule has 2 aromatic rings. The summed E-state index contributed by atoms with van der Waals surface area (Å²) in [6.45, 7) is -0.0675. The molecule has 10 heteroatoms. The minimum atomic E-state index is -0.460. The molecule has 0 atom stereocenters. The molecule has 0 aliphatic heterocycles. The predicted octanol–water partition coefficient (Wildman–Crippen LogP) is 1.16. The Morgan fingerprint density at radius 1 is 1.41 bits per heavy atom. The van der Waals surface area contributed by atoms with Crippen molar-refractivity contribution in [1.82, 2.24) is 15.6 Å². The van der Waals surface area contributed by atoms with E-state index in [9.17, 15) is 19.7 Å². The molecule has 2 amide bonds. The van der Waals surface area contributed by atoms with Gasteiger partial charge in [-0.3, -0.25) is 19.7 Å². The highest BCUT2D eigenvalue weighted by Gasteiger charge is 2.12. The van der Waals surface area contributed by atoms with Gasteiger partial charge >= 0.3 is 0 Å². The van der Waals surface area contributed by atoms with Gasteiger partial charge in [0.1, 0.15) is 0 Å². The number of carbonyl (C=O) groups is 2. The summed E-state index contributed by atoms with van der Waals surface area (Å²) in [6.07, 6.45) is 0. The largest absolute Gasteiger partial charge is 0.358 e. The number of non-ortho nitro benzene ring substituents is 1. The number of likely N-dealkylation sites (N-methyl/N-ethyl adjacent to an activating group) is 1. The number of amides is 2. The van der Waals surface area contributed by atoms with E-state index in [1.54, 1.807) is 6.07 Å². The van der Waals surface area contributed by atoms with Crippen molar-refractivity contribution in [2.45, 2.75) is 4.34 Å². The van der Waals surface area contributed by atoms with E-state index < -0.39 is 4.92 Å². The summed E-state index contributed by atoms with van der Waals surface area (Å²) >= 11 is 2.51. The van der Waals surface area contributed by atoms with Gasteiger partial charge in [-0.25, -0.2) is 4.98 Å². The van der Waals surface area contributed by atoms with Crippen LogP contribution < -0.4 is 10.6 Å². The fourth-order valence-corrected chi connectivity index (χ4v) is 3.44. The van der Waals surface area contributed by atoms with Crippen molar-refractivity contribution in [1.29, 1.82) is 0 Å². The molecule has 0 unspecified atom stereocenters. The zero-order chi connectivity index (χ0) is 16.1. The fourth-order valence-electron chi connectivity index (χ4n) is 1.51. The Balaban J connectivity index is 1.96. The first kappa shape index (κ1) is 16.2. The number of benzene rings is 1. The topological polar surface area (TPSA) is 114 Å². The highest BCUT2D eigenvalue weighted by molar-refractivity contribution is 8.01. The van der Waals surface area contributed by atoms with Crippen molar-refractivity contribution >= 4 is 50.8 Å². The number of rotatable bonds is 6. The van der Waals surface area contributed by atoms with Crippen molar-refractivity contribution in [3.63, 3.8) is 0 Å². The number of hydrogen-bond acceptors (Lipinski definition) is 7. The number of nitro groups is 1. The van der Waals surface area contributed by atoms with Crippen LogP contribution >= 0.6 is 23.1 Å². The first-order chi connectivity index (χ1) is 10.5. The lowest BCUT2D eigenvalue weighted by Gasteiger charge is -2.02. The molecule has 0 saturated heterocycles. The Morgan fingerprint density at radius 2 is 2.18 bits per heavy atom. The van der Waals surface area contributed by atoms with Gasteiger partial charge in [-0.2, -0.15) is 0 Å². The number of nitro benzene ring substituents is 1. The molecule has 22 heavy (non-hydrogen) atoms. The van der Waals surface area contributed by atoms with E-state index in [1.165, 1.54) is 42.3 Å². The number of aromatic nitrogens is 1. The van der Waals surface area contributed by atoms with Gasteiger partial charge in [0.2, 0.25) is 11.8 Å². The Labute approximate surface area is 133 Å². The molecule has 2 N–H and O–H groups in total. The number of thioether (sulfide) groups is 1. The van der Waals surface area contributed by atoms with Crippen LogP contribution in [0.3, 0.4) is 0 Å². The second kappa shape index (κ2) is 7.18. The first-order valence-electron chi connectivity index (χ1n) is 6.14. The molecule has 0 bridgehead atoms. The second-order valence-corrected chi connectivity index (χ2v) is 6.38. The molecular weight excluding hydrogens is 328 g/mol. The first-order valence-corrected chi connectivity index (χ1v) is 7.95. The third-order valence-electron chi connectivity index (χ3n) is 2.61. The van der Waals surface area contributed by atoms with Gasteiger partial charge in [0.25, 0.3) is 5.69 Å². The maximum absolute atomic E-state index is 11.6. The number of nitrogens with one attached hydrogen (secondary N) is 2. The average Bonchev–Trinajstić information content (AvgIpc) is 2.92. The minimum Gasteiger partial charge on any atom is -0.358 e. The molecule has 0 saturated carbocycles. The molecule has 1 aromatic heterocycles. The lowest BCUT2D eigenvalue weighted by atomic mass is 10.3. The number of hydrogen-bond donors (Lipinski definition) is 2. The van der Waals surface area contributed by atoms with Crippen LogP contribution in [0.2, 0.25) is 0 Å². The fraction of sp³-hybridized carbons (Fsp3) is 0.250.